The summed E-state index contributed by atoms with van der Waals surface area (Å²) in [6, 6.07) is 0.710. The van der Waals surface area contributed by atoms with Gasteiger partial charge in [0.1, 0.15) is 0 Å². The molecule has 0 aliphatic carbocycles. The normalized spacial score (nSPS) is 23.7. The monoisotopic (exact) mass is 268 g/mol. The third-order valence-electron chi connectivity index (χ3n) is 5.17. The molecule has 0 aromatic rings. The van der Waals surface area contributed by atoms with E-state index in [9.17, 15) is 0 Å². The zero-order chi connectivity index (χ0) is 14.1. The van der Waals surface area contributed by atoms with E-state index in [2.05, 4.69) is 37.9 Å². The van der Waals surface area contributed by atoms with E-state index in [0.29, 0.717) is 11.6 Å². The number of nitrogens with one attached hydrogen (secondary N) is 1. The summed E-state index contributed by atoms with van der Waals surface area (Å²) in [4.78, 5) is 2.81. The van der Waals surface area contributed by atoms with E-state index in [1.54, 1.807) is 0 Å². The zero-order valence-electron chi connectivity index (χ0n) is 13.8. The summed E-state index contributed by atoms with van der Waals surface area (Å²) in [5.74, 6) is 0. The predicted octanol–water partition coefficient (Wildman–Crippen LogP) is 4.20. The first-order chi connectivity index (χ1) is 9.22. The number of rotatable bonds is 9. The van der Waals surface area contributed by atoms with Crippen molar-refractivity contribution in [2.75, 3.05) is 19.6 Å². The molecule has 2 nitrogen and oxygen atoms in total. The summed E-state index contributed by atoms with van der Waals surface area (Å²) in [5.41, 5.74) is 0.427. The van der Waals surface area contributed by atoms with E-state index in [0.717, 1.165) is 0 Å². The molecule has 1 aliphatic heterocycles. The molecular weight excluding hydrogens is 232 g/mol. The number of piperazine rings is 1. The van der Waals surface area contributed by atoms with Crippen LogP contribution in [0.4, 0.5) is 0 Å². The lowest BCUT2D eigenvalue weighted by Crippen LogP contribution is -2.64. The van der Waals surface area contributed by atoms with Gasteiger partial charge in [-0.25, -0.2) is 0 Å². The van der Waals surface area contributed by atoms with Gasteiger partial charge in [0.05, 0.1) is 0 Å². The van der Waals surface area contributed by atoms with E-state index in [1.165, 1.54) is 71.0 Å². The van der Waals surface area contributed by atoms with Gasteiger partial charge in [-0.15, -0.1) is 0 Å². The molecule has 1 heterocycles. The summed E-state index contributed by atoms with van der Waals surface area (Å²) < 4.78 is 0. The number of hydrogen-bond acceptors (Lipinski definition) is 2. The second-order valence-electron chi connectivity index (χ2n) is 6.28. The molecule has 0 radical (unpaired) electrons. The zero-order valence-corrected chi connectivity index (χ0v) is 13.8. The first kappa shape index (κ1) is 17.0. The van der Waals surface area contributed by atoms with Crippen molar-refractivity contribution in [1.29, 1.82) is 0 Å². The fraction of sp³-hybridized carbons (Fsp3) is 1.00. The van der Waals surface area contributed by atoms with Gasteiger partial charge in [0.2, 0.25) is 0 Å². The highest BCUT2D eigenvalue weighted by atomic mass is 15.3. The molecule has 1 rings (SSSR count). The second-order valence-corrected chi connectivity index (χ2v) is 6.28. The Morgan fingerprint density at radius 1 is 1.00 bits per heavy atom. The molecular formula is C17H36N2. The van der Waals surface area contributed by atoms with Crippen LogP contribution in [0.25, 0.3) is 0 Å². The molecule has 1 aliphatic rings. The van der Waals surface area contributed by atoms with Crippen molar-refractivity contribution < 1.29 is 0 Å². The first-order valence-electron chi connectivity index (χ1n) is 8.70. The molecule has 1 N–H and O–H groups in total. The van der Waals surface area contributed by atoms with E-state index in [1.807, 2.05) is 0 Å². The van der Waals surface area contributed by atoms with Crippen molar-refractivity contribution in [3.63, 3.8) is 0 Å². The van der Waals surface area contributed by atoms with E-state index < -0.39 is 0 Å². The molecule has 0 aromatic heterocycles. The summed E-state index contributed by atoms with van der Waals surface area (Å²) in [5, 5.41) is 3.76. The Hall–Kier alpha value is -0.0800. The fourth-order valence-electron chi connectivity index (χ4n) is 3.43. The van der Waals surface area contributed by atoms with Gasteiger partial charge >= 0.3 is 0 Å². The third-order valence-corrected chi connectivity index (χ3v) is 5.17. The summed E-state index contributed by atoms with van der Waals surface area (Å²) in [7, 11) is 0. The van der Waals surface area contributed by atoms with E-state index >= 15 is 0 Å². The van der Waals surface area contributed by atoms with Crippen LogP contribution in [0, 0.1) is 0 Å². The van der Waals surface area contributed by atoms with Crippen molar-refractivity contribution >= 4 is 0 Å². The van der Waals surface area contributed by atoms with Gasteiger partial charge in [-0.2, -0.15) is 0 Å². The van der Waals surface area contributed by atoms with Gasteiger partial charge in [0.25, 0.3) is 0 Å². The van der Waals surface area contributed by atoms with Crippen molar-refractivity contribution in [2.45, 2.75) is 90.6 Å². The Labute approximate surface area is 121 Å². The summed E-state index contributed by atoms with van der Waals surface area (Å²) in [6.45, 7) is 13.1. The van der Waals surface area contributed by atoms with Crippen LogP contribution < -0.4 is 5.32 Å². The Morgan fingerprint density at radius 2 is 1.68 bits per heavy atom. The van der Waals surface area contributed by atoms with Crippen molar-refractivity contribution in [1.82, 2.24) is 10.2 Å². The van der Waals surface area contributed by atoms with Gasteiger partial charge in [-0.05, 0) is 32.2 Å². The van der Waals surface area contributed by atoms with Crippen LogP contribution >= 0.6 is 0 Å². The molecule has 0 spiro atoms. The van der Waals surface area contributed by atoms with Crippen molar-refractivity contribution in [2.24, 2.45) is 0 Å². The fourth-order valence-corrected chi connectivity index (χ4v) is 3.43. The minimum atomic E-state index is 0.427. The molecule has 2 heteroatoms. The lowest BCUT2D eigenvalue weighted by atomic mass is 9.86. The van der Waals surface area contributed by atoms with Gasteiger partial charge in [-0.1, -0.05) is 53.4 Å². The highest BCUT2D eigenvalue weighted by molar-refractivity contribution is 4.97. The van der Waals surface area contributed by atoms with Crippen LogP contribution in [0.15, 0.2) is 0 Å². The van der Waals surface area contributed by atoms with Crippen molar-refractivity contribution in [3.05, 3.63) is 0 Å². The largest absolute Gasteiger partial charge is 0.311 e. The molecule has 0 amide bonds. The number of nitrogens with zero attached hydrogens (tertiary/aromatic N) is 1. The van der Waals surface area contributed by atoms with E-state index in [-0.39, 0.29) is 0 Å². The quantitative estimate of drug-likeness (QED) is 0.631. The molecule has 0 saturated carbocycles. The maximum absolute atomic E-state index is 3.76. The predicted molar refractivity (Wildman–Crippen MR) is 85.7 cm³/mol. The maximum Gasteiger partial charge on any atom is 0.0329 e. The minimum absolute atomic E-state index is 0.427. The third kappa shape index (κ3) is 4.75. The lowest BCUT2D eigenvalue weighted by molar-refractivity contribution is 0.0294. The van der Waals surface area contributed by atoms with Gasteiger partial charge < -0.3 is 5.32 Å². The van der Waals surface area contributed by atoms with Gasteiger partial charge in [0.15, 0.2) is 0 Å². The smallest absolute Gasteiger partial charge is 0.0329 e. The highest BCUT2D eigenvalue weighted by Gasteiger charge is 2.37. The van der Waals surface area contributed by atoms with Crippen molar-refractivity contribution in [3.8, 4) is 0 Å². The molecule has 114 valence electrons. The van der Waals surface area contributed by atoms with Crippen LogP contribution in [-0.4, -0.2) is 36.1 Å². The first-order valence-corrected chi connectivity index (χ1v) is 8.70. The Bertz CT molecular complexity index is 223. The van der Waals surface area contributed by atoms with Crippen LogP contribution in [0.1, 0.15) is 79.1 Å². The maximum atomic E-state index is 3.76. The molecule has 1 unspecified atom stereocenters. The Kier molecular flexibility index (Phi) is 8.01. The molecule has 1 fully saturated rings. The average molecular weight is 268 g/mol. The van der Waals surface area contributed by atoms with Crippen LogP contribution in [0.2, 0.25) is 0 Å². The van der Waals surface area contributed by atoms with Gasteiger partial charge in [-0.3, -0.25) is 4.90 Å². The van der Waals surface area contributed by atoms with Crippen LogP contribution in [0.5, 0.6) is 0 Å². The molecule has 1 atom stereocenters. The number of unbranched alkanes of at least 4 members (excludes halogenated alkanes) is 4. The SMILES string of the molecule is CCCCCCCN1CC(CC)NCC1(CC)CC. The molecule has 19 heavy (non-hydrogen) atoms. The van der Waals surface area contributed by atoms with Gasteiger partial charge in [0, 0.05) is 24.7 Å². The highest BCUT2D eigenvalue weighted by Crippen LogP contribution is 2.28. The lowest BCUT2D eigenvalue weighted by Gasteiger charge is -2.50. The Balaban J connectivity index is 2.46. The minimum Gasteiger partial charge on any atom is -0.311 e. The summed E-state index contributed by atoms with van der Waals surface area (Å²) in [6.07, 6.45) is 10.8. The Morgan fingerprint density at radius 3 is 2.26 bits per heavy atom. The molecule has 0 aromatic carbocycles. The van der Waals surface area contributed by atoms with E-state index in [4.69, 9.17) is 0 Å². The topological polar surface area (TPSA) is 15.3 Å². The standard InChI is InChI=1S/C17H36N2/c1-5-9-10-11-12-13-19-14-16(6-2)18-15-17(19,7-3)8-4/h16,18H,5-15H2,1-4H3. The average Bonchev–Trinajstić information content (AvgIpc) is 2.47. The van der Waals surface area contributed by atoms with Crippen LogP contribution in [0.3, 0.4) is 0 Å². The number of hydrogen-bond donors (Lipinski definition) is 1. The molecule has 0 bridgehead atoms. The van der Waals surface area contributed by atoms with Crippen LogP contribution in [-0.2, 0) is 0 Å². The molecule has 1 saturated heterocycles. The second kappa shape index (κ2) is 8.97. The summed E-state index contributed by atoms with van der Waals surface area (Å²) >= 11 is 0.